The molecule has 0 aliphatic heterocycles. The third kappa shape index (κ3) is 3.40. The second-order valence-electron chi connectivity index (χ2n) is 3.63. The molecule has 2 N–H and O–H groups in total. The minimum atomic E-state index is -1.15. The van der Waals surface area contributed by atoms with Crippen molar-refractivity contribution >= 4 is 17.7 Å². The molecule has 0 aromatic heterocycles. The highest BCUT2D eigenvalue weighted by Gasteiger charge is 2.23. The number of ether oxygens (including phenoxy) is 1. The van der Waals surface area contributed by atoms with Crippen LogP contribution < -0.4 is 5.32 Å². The summed E-state index contributed by atoms with van der Waals surface area (Å²) in [5.74, 6) is 0. The number of amides is 1. The zero-order valence-corrected chi connectivity index (χ0v) is 9.91. The van der Waals surface area contributed by atoms with E-state index >= 15 is 0 Å². The number of carbonyl (C=O) groups excluding carboxylic acids is 1. The van der Waals surface area contributed by atoms with Crippen molar-refractivity contribution in [2.75, 3.05) is 13.7 Å². The van der Waals surface area contributed by atoms with Gasteiger partial charge in [0.25, 0.3) is 0 Å². The van der Waals surface area contributed by atoms with E-state index in [-0.39, 0.29) is 6.54 Å². The van der Waals surface area contributed by atoms with E-state index < -0.39 is 11.7 Å². The summed E-state index contributed by atoms with van der Waals surface area (Å²) in [4.78, 5) is 10.9. The molecule has 88 valence electrons. The Kier molecular flexibility index (Phi) is 4.15. The number of alkyl carbamates (subject to hydrolysis) is 1. The fraction of sp³-hybridized carbons (Fsp3) is 0.364. The van der Waals surface area contributed by atoms with Crippen molar-refractivity contribution < 1.29 is 14.6 Å². The normalized spacial score (nSPS) is 14.0. The summed E-state index contributed by atoms with van der Waals surface area (Å²) < 4.78 is 4.42. The molecule has 0 saturated carbocycles. The Hall–Kier alpha value is -1.26. The van der Waals surface area contributed by atoms with Crippen molar-refractivity contribution in [2.45, 2.75) is 12.5 Å². The van der Waals surface area contributed by atoms with Gasteiger partial charge in [-0.15, -0.1) is 0 Å². The molecular formula is C11H14ClNO3. The van der Waals surface area contributed by atoms with Crippen LogP contribution in [0.2, 0.25) is 5.02 Å². The number of benzene rings is 1. The van der Waals surface area contributed by atoms with E-state index in [2.05, 4.69) is 10.1 Å². The Bertz CT molecular complexity index is 362. The molecule has 0 radical (unpaired) electrons. The lowest BCUT2D eigenvalue weighted by atomic mass is 9.96. The Morgan fingerprint density at radius 2 is 2.06 bits per heavy atom. The van der Waals surface area contributed by atoms with Crippen LogP contribution in [-0.2, 0) is 10.3 Å². The van der Waals surface area contributed by atoms with E-state index in [1.165, 1.54) is 7.11 Å². The SMILES string of the molecule is COC(=O)NCC(C)(O)c1ccc(Cl)cc1. The first-order valence-corrected chi connectivity index (χ1v) is 5.14. The third-order valence-corrected chi connectivity index (χ3v) is 2.48. The summed E-state index contributed by atoms with van der Waals surface area (Å²) in [5, 5.41) is 13.1. The standard InChI is InChI=1S/C11H14ClNO3/c1-11(15,7-13-10(14)16-2)8-3-5-9(12)6-4-8/h3-6,15H,7H2,1-2H3,(H,13,14). The number of nitrogens with one attached hydrogen (secondary N) is 1. The van der Waals surface area contributed by atoms with Gasteiger partial charge in [0, 0.05) is 5.02 Å². The van der Waals surface area contributed by atoms with Crippen LogP contribution in [0.4, 0.5) is 4.79 Å². The number of rotatable bonds is 3. The fourth-order valence-electron chi connectivity index (χ4n) is 1.23. The molecule has 0 fully saturated rings. The predicted molar refractivity (Wildman–Crippen MR) is 61.4 cm³/mol. The molecule has 5 heteroatoms. The lowest BCUT2D eigenvalue weighted by molar-refractivity contribution is 0.0553. The van der Waals surface area contributed by atoms with Gasteiger partial charge in [0.2, 0.25) is 0 Å². The summed E-state index contributed by atoms with van der Waals surface area (Å²) >= 11 is 5.74. The first-order chi connectivity index (χ1) is 7.45. The lowest BCUT2D eigenvalue weighted by Crippen LogP contribution is -2.38. The van der Waals surface area contributed by atoms with Crippen molar-refractivity contribution in [1.82, 2.24) is 5.32 Å². The Morgan fingerprint density at radius 1 is 1.50 bits per heavy atom. The van der Waals surface area contributed by atoms with Crippen LogP contribution in [0.3, 0.4) is 0 Å². The topological polar surface area (TPSA) is 58.6 Å². The van der Waals surface area contributed by atoms with Crippen molar-refractivity contribution in [1.29, 1.82) is 0 Å². The van der Waals surface area contributed by atoms with Crippen LogP contribution >= 0.6 is 11.6 Å². The van der Waals surface area contributed by atoms with Gasteiger partial charge < -0.3 is 15.2 Å². The molecule has 1 amide bonds. The van der Waals surface area contributed by atoms with Gasteiger partial charge in [0.1, 0.15) is 5.60 Å². The minimum absolute atomic E-state index is 0.0707. The predicted octanol–water partition coefficient (Wildman–Crippen LogP) is 1.90. The molecule has 1 aromatic carbocycles. The zero-order chi connectivity index (χ0) is 12.2. The average molecular weight is 244 g/mol. The van der Waals surface area contributed by atoms with Gasteiger partial charge in [-0.25, -0.2) is 4.79 Å². The summed E-state index contributed by atoms with van der Waals surface area (Å²) in [7, 11) is 1.27. The van der Waals surface area contributed by atoms with Crippen molar-refractivity contribution in [3.8, 4) is 0 Å². The molecular weight excluding hydrogens is 230 g/mol. The zero-order valence-electron chi connectivity index (χ0n) is 9.16. The molecule has 0 bridgehead atoms. The molecule has 1 atom stereocenters. The third-order valence-electron chi connectivity index (χ3n) is 2.23. The molecule has 0 aliphatic rings. The number of halogens is 1. The van der Waals surface area contributed by atoms with E-state index in [9.17, 15) is 9.90 Å². The van der Waals surface area contributed by atoms with Crippen molar-refractivity contribution in [3.05, 3.63) is 34.9 Å². The molecule has 1 unspecified atom stereocenters. The molecule has 0 spiro atoms. The first-order valence-electron chi connectivity index (χ1n) is 4.76. The number of hydrogen-bond donors (Lipinski definition) is 2. The second kappa shape index (κ2) is 5.18. The van der Waals surface area contributed by atoms with E-state index in [1.54, 1.807) is 31.2 Å². The molecule has 1 aromatic rings. The van der Waals surface area contributed by atoms with Crippen LogP contribution in [0, 0.1) is 0 Å². The maximum atomic E-state index is 10.9. The van der Waals surface area contributed by atoms with Gasteiger partial charge in [0.15, 0.2) is 0 Å². The number of methoxy groups -OCH3 is 1. The van der Waals surface area contributed by atoms with Gasteiger partial charge >= 0.3 is 6.09 Å². The number of carbonyl (C=O) groups is 1. The van der Waals surface area contributed by atoms with Crippen LogP contribution in [-0.4, -0.2) is 24.9 Å². The number of hydrogen-bond acceptors (Lipinski definition) is 3. The Balaban J connectivity index is 2.69. The van der Waals surface area contributed by atoms with Gasteiger partial charge in [-0.1, -0.05) is 23.7 Å². The average Bonchev–Trinajstić information content (AvgIpc) is 2.26. The lowest BCUT2D eigenvalue weighted by Gasteiger charge is -2.23. The summed E-state index contributed by atoms with van der Waals surface area (Å²) in [5.41, 5.74) is -0.480. The van der Waals surface area contributed by atoms with Gasteiger partial charge in [-0.3, -0.25) is 0 Å². The minimum Gasteiger partial charge on any atom is -0.453 e. The molecule has 4 nitrogen and oxygen atoms in total. The fourth-order valence-corrected chi connectivity index (χ4v) is 1.35. The van der Waals surface area contributed by atoms with E-state index in [4.69, 9.17) is 11.6 Å². The molecule has 0 aliphatic carbocycles. The summed E-state index contributed by atoms with van der Waals surface area (Å²) in [6.45, 7) is 1.67. The Morgan fingerprint density at radius 3 is 2.56 bits per heavy atom. The van der Waals surface area contributed by atoms with Crippen LogP contribution in [0.25, 0.3) is 0 Å². The molecule has 0 saturated heterocycles. The molecule has 1 rings (SSSR count). The van der Waals surface area contributed by atoms with E-state index in [0.717, 1.165) is 0 Å². The second-order valence-corrected chi connectivity index (χ2v) is 4.06. The molecule has 16 heavy (non-hydrogen) atoms. The highest BCUT2D eigenvalue weighted by Crippen LogP contribution is 2.21. The van der Waals surface area contributed by atoms with Gasteiger partial charge in [-0.2, -0.15) is 0 Å². The number of aliphatic hydroxyl groups is 1. The quantitative estimate of drug-likeness (QED) is 0.853. The van der Waals surface area contributed by atoms with Crippen molar-refractivity contribution in [2.24, 2.45) is 0 Å². The van der Waals surface area contributed by atoms with Gasteiger partial charge in [0.05, 0.1) is 13.7 Å². The summed E-state index contributed by atoms with van der Waals surface area (Å²) in [6.07, 6.45) is -0.575. The van der Waals surface area contributed by atoms with Crippen LogP contribution in [0.1, 0.15) is 12.5 Å². The monoisotopic (exact) mass is 243 g/mol. The van der Waals surface area contributed by atoms with Crippen molar-refractivity contribution in [3.63, 3.8) is 0 Å². The van der Waals surface area contributed by atoms with Gasteiger partial charge in [-0.05, 0) is 24.6 Å². The first kappa shape index (κ1) is 12.8. The Labute approximate surface area is 99.2 Å². The largest absolute Gasteiger partial charge is 0.453 e. The van der Waals surface area contributed by atoms with E-state index in [0.29, 0.717) is 10.6 Å². The molecule has 0 heterocycles. The smallest absolute Gasteiger partial charge is 0.406 e. The maximum Gasteiger partial charge on any atom is 0.406 e. The maximum absolute atomic E-state index is 10.9. The highest BCUT2D eigenvalue weighted by molar-refractivity contribution is 6.30. The van der Waals surface area contributed by atoms with E-state index in [1.807, 2.05) is 0 Å². The van der Waals surface area contributed by atoms with Crippen LogP contribution in [0.15, 0.2) is 24.3 Å². The summed E-state index contributed by atoms with van der Waals surface area (Å²) in [6, 6.07) is 6.79. The highest BCUT2D eigenvalue weighted by atomic mass is 35.5. The van der Waals surface area contributed by atoms with Crippen LogP contribution in [0.5, 0.6) is 0 Å².